The second kappa shape index (κ2) is 4.09. The molecule has 72 valence electrons. The molecule has 0 atom stereocenters. The van der Waals surface area contributed by atoms with Crippen molar-refractivity contribution >= 4 is 19.8 Å². The van der Waals surface area contributed by atoms with Crippen LogP contribution in [0.3, 0.4) is 0 Å². The van der Waals surface area contributed by atoms with Crippen molar-refractivity contribution in [2.24, 2.45) is 0 Å². The molecule has 0 amide bonds. The van der Waals surface area contributed by atoms with E-state index in [0.717, 1.165) is 5.50 Å². The van der Waals surface area contributed by atoms with E-state index in [0.29, 0.717) is 0 Å². The molecule has 1 heterocycles. The minimum Gasteiger partial charge on any atom is -0.320 e. The van der Waals surface area contributed by atoms with Gasteiger partial charge in [-0.25, -0.2) is 0 Å². The molecule has 2 nitrogen and oxygen atoms in total. The summed E-state index contributed by atoms with van der Waals surface area (Å²) in [7, 11) is 0.953. The number of rotatable bonds is 2. The van der Waals surface area contributed by atoms with Gasteiger partial charge in [0.1, 0.15) is 8.24 Å². The maximum Gasteiger partial charge on any atom is 0.137 e. The van der Waals surface area contributed by atoms with Crippen molar-refractivity contribution < 1.29 is 0 Å². The smallest absolute Gasteiger partial charge is 0.137 e. The highest BCUT2D eigenvalue weighted by atomic mass is 35.5. The minimum atomic E-state index is -1.23. The van der Waals surface area contributed by atoms with Gasteiger partial charge in [0.2, 0.25) is 0 Å². The molecule has 0 spiro atoms. The molecule has 4 heteroatoms. The quantitative estimate of drug-likeness (QED) is 0.495. The predicted molar refractivity (Wildman–Crippen MR) is 57.3 cm³/mol. The number of piperazine rings is 1. The molecule has 0 aromatic carbocycles. The van der Waals surface area contributed by atoms with E-state index >= 15 is 0 Å². The molecule has 1 aliphatic rings. The van der Waals surface area contributed by atoms with Crippen molar-refractivity contribution in [3.05, 3.63) is 0 Å². The monoisotopic (exact) mass is 206 g/mol. The summed E-state index contributed by atoms with van der Waals surface area (Å²) in [5.74, 6) is 0. The van der Waals surface area contributed by atoms with E-state index in [2.05, 4.69) is 29.6 Å². The number of alkyl halides is 1. The predicted octanol–water partition coefficient (Wildman–Crippen LogP) is 1.22. The van der Waals surface area contributed by atoms with Gasteiger partial charge in [0, 0.05) is 31.7 Å². The molecule has 0 aliphatic carbocycles. The van der Waals surface area contributed by atoms with Gasteiger partial charge in [-0.3, -0.25) is 0 Å². The van der Waals surface area contributed by atoms with Gasteiger partial charge >= 0.3 is 0 Å². The van der Waals surface area contributed by atoms with E-state index in [4.69, 9.17) is 11.6 Å². The lowest BCUT2D eigenvalue weighted by atomic mass is 10.4. The average Bonchev–Trinajstić information content (AvgIpc) is 2.05. The van der Waals surface area contributed by atoms with Crippen LogP contribution in [0.15, 0.2) is 0 Å². The molecular formula is C8H19ClN2Si. The van der Waals surface area contributed by atoms with Crippen LogP contribution in [0, 0.1) is 0 Å². The molecule has 0 radical (unpaired) electrons. The van der Waals surface area contributed by atoms with E-state index < -0.39 is 8.24 Å². The zero-order valence-electron chi connectivity index (χ0n) is 8.31. The van der Waals surface area contributed by atoms with E-state index in [-0.39, 0.29) is 0 Å². The van der Waals surface area contributed by atoms with Gasteiger partial charge in [0.05, 0.1) is 0 Å². The number of hydrogen-bond donors (Lipinski definition) is 0. The first-order valence-electron chi connectivity index (χ1n) is 4.56. The average molecular weight is 207 g/mol. The largest absolute Gasteiger partial charge is 0.320 e. The van der Waals surface area contributed by atoms with E-state index in [1.54, 1.807) is 0 Å². The van der Waals surface area contributed by atoms with Crippen LogP contribution in [0.5, 0.6) is 0 Å². The standard InChI is InChI=1S/C8H19ClN2Si/c1-10-4-6-11(7-5-10)12(2,3)8-9/h4-8H2,1-3H3. The number of nitrogens with zero attached hydrogens (tertiary/aromatic N) is 2. The lowest BCUT2D eigenvalue weighted by molar-refractivity contribution is 0.217. The van der Waals surface area contributed by atoms with Crippen LogP contribution >= 0.6 is 11.6 Å². The molecular weight excluding hydrogens is 188 g/mol. The van der Waals surface area contributed by atoms with Gasteiger partial charge in [-0.05, 0) is 7.05 Å². The topological polar surface area (TPSA) is 6.48 Å². The minimum absolute atomic E-state index is 0.858. The molecule has 1 aliphatic heterocycles. The second-order valence-corrected chi connectivity index (χ2v) is 9.56. The number of halogens is 1. The molecule has 0 aromatic rings. The fourth-order valence-electron chi connectivity index (χ4n) is 1.50. The molecule has 1 saturated heterocycles. The first kappa shape index (κ1) is 10.5. The Labute approximate surface area is 81.6 Å². The highest BCUT2D eigenvalue weighted by molar-refractivity contribution is 6.80. The Morgan fingerprint density at radius 3 is 2.08 bits per heavy atom. The van der Waals surface area contributed by atoms with Crippen LogP contribution in [0.1, 0.15) is 0 Å². The molecule has 0 saturated carbocycles. The summed E-state index contributed by atoms with van der Waals surface area (Å²) in [6.07, 6.45) is 0. The van der Waals surface area contributed by atoms with Crippen molar-refractivity contribution in [1.29, 1.82) is 0 Å². The van der Waals surface area contributed by atoms with Crippen LogP contribution in [0.2, 0.25) is 13.1 Å². The second-order valence-electron chi connectivity index (χ2n) is 4.24. The van der Waals surface area contributed by atoms with Crippen molar-refractivity contribution in [3.63, 3.8) is 0 Å². The van der Waals surface area contributed by atoms with Crippen molar-refractivity contribution in [2.75, 3.05) is 38.7 Å². The maximum atomic E-state index is 5.97. The maximum absolute atomic E-state index is 5.97. The lowest BCUT2D eigenvalue weighted by Crippen LogP contribution is -2.58. The fourth-order valence-corrected chi connectivity index (χ4v) is 3.58. The van der Waals surface area contributed by atoms with E-state index in [1.807, 2.05) is 0 Å². The van der Waals surface area contributed by atoms with Gasteiger partial charge in [0.15, 0.2) is 0 Å². The summed E-state index contributed by atoms with van der Waals surface area (Å²) in [5, 5.41) is 0. The van der Waals surface area contributed by atoms with E-state index in [9.17, 15) is 0 Å². The Kier molecular flexibility index (Phi) is 3.58. The molecule has 0 bridgehead atoms. The summed E-state index contributed by atoms with van der Waals surface area (Å²) in [6.45, 7) is 9.53. The third-order valence-corrected chi connectivity index (χ3v) is 7.46. The third-order valence-electron chi connectivity index (χ3n) is 2.69. The van der Waals surface area contributed by atoms with Gasteiger partial charge in [0.25, 0.3) is 0 Å². The Hall–Kier alpha value is 0.427. The highest BCUT2D eigenvalue weighted by Gasteiger charge is 2.30. The Bertz CT molecular complexity index is 144. The lowest BCUT2D eigenvalue weighted by Gasteiger charge is -2.41. The van der Waals surface area contributed by atoms with Gasteiger partial charge in [-0.15, -0.1) is 11.6 Å². The Morgan fingerprint density at radius 1 is 1.17 bits per heavy atom. The summed E-state index contributed by atoms with van der Waals surface area (Å²) in [5.41, 5.74) is 0.858. The Morgan fingerprint density at radius 2 is 1.67 bits per heavy atom. The zero-order valence-corrected chi connectivity index (χ0v) is 10.1. The normalized spacial score (nSPS) is 23.0. The molecule has 12 heavy (non-hydrogen) atoms. The highest BCUT2D eigenvalue weighted by Crippen LogP contribution is 2.13. The molecule has 0 unspecified atom stereocenters. The van der Waals surface area contributed by atoms with E-state index in [1.165, 1.54) is 26.2 Å². The van der Waals surface area contributed by atoms with Crippen LogP contribution in [-0.2, 0) is 0 Å². The molecule has 0 N–H and O–H groups in total. The SMILES string of the molecule is CN1CCN([Si](C)(C)CCl)CC1. The first-order chi connectivity index (χ1) is 5.56. The van der Waals surface area contributed by atoms with Crippen LogP contribution < -0.4 is 0 Å². The van der Waals surface area contributed by atoms with Gasteiger partial charge < -0.3 is 9.47 Å². The number of likely N-dealkylation sites (N-methyl/N-ethyl adjacent to an activating group) is 1. The summed E-state index contributed by atoms with van der Waals surface area (Å²) < 4.78 is 2.61. The van der Waals surface area contributed by atoms with Crippen LogP contribution in [0.25, 0.3) is 0 Å². The third kappa shape index (κ3) is 2.46. The van der Waals surface area contributed by atoms with Crippen LogP contribution in [-0.4, -0.2) is 56.4 Å². The number of hydrogen-bond acceptors (Lipinski definition) is 2. The van der Waals surface area contributed by atoms with Gasteiger partial charge in [-0.1, -0.05) is 13.1 Å². The molecule has 1 rings (SSSR count). The zero-order chi connectivity index (χ0) is 9.19. The summed E-state index contributed by atoms with van der Waals surface area (Å²) in [6, 6.07) is 0. The van der Waals surface area contributed by atoms with Crippen LogP contribution in [0.4, 0.5) is 0 Å². The fraction of sp³-hybridized carbons (Fsp3) is 1.00. The summed E-state index contributed by atoms with van der Waals surface area (Å²) in [4.78, 5) is 2.38. The summed E-state index contributed by atoms with van der Waals surface area (Å²) >= 11 is 5.97. The Balaban J connectivity index is 2.44. The molecule has 0 aromatic heterocycles. The first-order valence-corrected chi connectivity index (χ1v) is 8.25. The van der Waals surface area contributed by atoms with Crippen molar-refractivity contribution in [3.8, 4) is 0 Å². The van der Waals surface area contributed by atoms with Crippen molar-refractivity contribution in [1.82, 2.24) is 9.47 Å². The molecule has 1 fully saturated rings. The van der Waals surface area contributed by atoms with Crippen molar-refractivity contribution in [2.45, 2.75) is 13.1 Å². The van der Waals surface area contributed by atoms with Gasteiger partial charge in [-0.2, -0.15) is 0 Å².